The maximum Gasteiger partial charge on any atom is 0.254 e. The molecule has 6 nitrogen and oxygen atoms in total. The van der Waals surface area contributed by atoms with Crippen LogP contribution in [0.1, 0.15) is 10.4 Å². The normalized spacial score (nSPS) is 16.2. The van der Waals surface area contributed by atoms with Crippen molar-refractivity contribution >= 4 is 15.9 Å². The molecule has 0 aliphatic carbocycles. The number of morpholine rings is 1. The number of nitrogens with zero attached hydrogens (tertiary/aromatic N) is 1. The highest BCUT2D eigenvalue weighted by atomic mass is 32.2. The van der Waals surface area contributed by atoms with E-state index in [1.807, 2.05) is 0 Å². The summed E-state index contributed by atoms with van der Waals surface area (Å²) in [6.45, 7) is 4.70. The van der Waals surface area contributed by atoms with Gasteiger partial charge in [0.2, 0.25) is 10.0 Å². The van der Waals surface area contributed by atoms with Crippen LogP contribution in [0.5, 0.6) is 0 Å². The zero-order valence-electron chi connectivity index (χ0n) is 11.9. The van der Waals surface area contributed by atoms with Gasteiger partial charge in [-0.1, -0.05) is 6.08 Å². The molecule has 1 aliphatic rings. The van der Waals surface area contributed by atoms with Gasteiger partial charge in [-0.2, -0.15) is 4.31 Å². The Kier molecular flexibility index (Phi) is 5.28. The lowest BCUT2D eigenvalue weighted by atomic mass is 10.2. The van der Waals surface area contributed by atoms with E-state index >= 15 is 0 Å². The summed E-state index contributed by atoms with van der Waals surface area (Å²) in [7, 11) is -3.77. The van der Waals surface area contributed by atoms with Crippen LogP contribution in [-0.4, -0.2) is 51.5 Å². The average Bonchev–Trinajstić information content (AvgIpc) is 2.53. The van der Waals surface area contributed by atoms with Crippen LogP contribution in [0.3, 0.4) is 0 Å². The Morgan fingerprint density at radius 2 is 2.09 bits per heavy atom. The predicted octanol–water partition coefficient (Wildman–Crippen LogP) is 0.762. The Labute approximate surface area is 128 Å². The summed E-state index contributed by atoms with van der Waals surface area (Å²) in [6, 6.07) is 3.19. The van der Waals surface area contributed by atoms with Gasteiger partial charge in [0.15, 0.2) is 0 Å². The fourth-order valence-electron chi connectivity index (χ4n) is 2.03. The van der Waals surface area contributed by atoms with Crippen LogP contribution in [-0.2, 0) is 14.8 Å². The van der Waals surface area contributed by atoms with E-state index in [4.69, 9.17) is 4.74 Å². The van der Waals surface area contributed by atoms with Gasteiger partial charge in [0.05, 0.1) is 23.7 Å². The number of sulfonamides is 1. The summed E-state index contributed by atoms with van der Waals surface area (Å²) in [5.74, 6) is -1.46. The van der Waals surface area contributed by atoms with Crippen molar-refractivity contribution in [3.05, 3.63) is 42.2 Å². The molecule has 22 heavy (non-hydrogen) atoms. The first-order valence-corrected chi connectivity index (χ1v) is 8.17. The quantitative estimate of drug-likeness (QED) is 0.810. The Morgan fingerprint density at radius 3 is 2.73 bits per heavy atom. The third-order valence-electron chi connectivity index (χ3n) is 3.20. The van der Waals surface area contributed by atoms with Crippen molar-refractivity contribution in [3.8, 4) is 0 Å². The van der Waals surface area contributed by atoms with Gasteiger partial charge in [-0.25, -0.2) is 12.8 Å². The first-order chi connectivity index (χ1) is 10.5. The Balaban J connectivity index is 2.31. The Hall–Kier alpha value is -1.77. The molecule has 1 aliphatic heterocycles. The lowest BCUT2D eigenvalue weighted by Crippen LogP contribution is -2.40. The van der Waals surface area contributed by atoms with E-state index in [0.717, 1.165) is 18.2 Å². The maximum atomic E-state index is 13.8. The van der Waals surface area contributed by atoms with Crippen molar-refractivity contribution in [3.63, 3.8) is 0 Å². The zero-order chi connectivity index (χ0) is 16.2. The van der Waals surface area contributed by atoms with Gasteiger partial charge in [0.25, 0.3) is 5.91 Å². The molecule has 0 spiro atoms. The number of nitrogens with one attached hydrogen (secondary N) is 1. The Bertz CT molecular complexity index is 669. The van der Waals surface area contributed by atoms with Gasteiger partial charge >= 0.3 is 0 Å². The second kappa shape index (κ2) is 6.99. The molecule has 1 saturated heterocycles. The van der Waals surface area contributed by atoms with Gasteiger partial charge in [0.1, 0.15) is 5.82 Å². The van der Waals surface area contributed by atoms with Crippen LogP contribution in [0.2, 0.25) is 0 Å². The lowest BCUT2D eigenvalue weighted by Gasteiger charge is -2.26. The molecule has 1 amide bonds. The molecule has 1 heterocycles. The van der Waals surface area contributed by atoms with Crippen molar-refractivity contribution < 1.29 is 22.3 Å². The van der Waals surface area contributed by atoms with Crippen LogP contribution < -0.4 is 5.32 Å². The molecule has 8 heteroatoms. The molecule has 120 valence electrons. The van der Waals surface area contributed by atoms with Crippen LogP contribution in [0.15, 0.2) is 35.7 Å². The summed E-state index contributed by atoms with van der Waals surface area (Å²) in [4.78, 5) is 11.7. The fraction of sp³-hybridized carbons (Fsp3) is 0.357. The van der Waals surface area contributed by atoms with E-state index < -0.39 is 21.7 Å². The number of carbonyl (C=O) groups is 1. The van der Waals surface area contributed by atoms with Crippen LogP contribution in [0.25, 0.3) is 0 Å². The first-order valence-electron chi connectivity index (χ1n) is 6.73. The number of benzene rings is 1. The summed E-state index contributed by atoms with van der Waals surface area (Å²) in [5, 5.41) is 2.42. The highest BCUT2D eigenvalue weighted by Crippen LogP contribution is 2.20. The third kappa shape index (κ3) is 3.52. The predicted molar refractivity (Wildman–Crippen MR) is 78.5 cm³/mol. The van der Waals surface area contributed by atoms with E-state index in [-0.39, 0.29) is 30.1 Å². The third-order valence-corrected chi connectivity index (χ3v) is 5.09. The van der Waals surface area contributed by atoms with Crippen LogP contribution in [0, 0.1) is 5.82 Å². The number of ether oxygens (including phenoxy) is 1. The highest BCUT2D eigenvalue weighted by molar-refractivity contribution is 7.89. The van der Waals surface area contributed by atoms with Crippen LogP contribution in [0.4, 0.5) is 4.39 Å². The summed E-state index contributed by atoms with van der Waals surface area (Å²) < 4.78 is 45.1. The molecule has 0 aromatic heterocycles. The minimum atomic E-state index is -3.77. The lowest BCUT2D eigenvalue weighted by molar-refractivity contribution is 0.0730. The topological polar surface area (TPSA) is 75.7 Å². The minimum absolute atomic E-state index is 0.112. The summed E-state index contributed by atoms with van der Waals surface area (Å²) >= 11 is 0. The molecule has 0 bridgehead atoms. The monoisotopic (exact) mass is 328 g/mol. The number of hydrogen-bond acceptors (Lipinski definition) is 4. The molecule has 0 radical (unpaired) electrons. The molecular formula is C14H17FN2O4S. The zero-order valence-corrected chi connectivity index (χ0v) is 12.7. The Morgan fingerprint density at radius 1 is 1.41 bits per heavy atom. The summed E-state index contributed by atoms with van der Waals surface area (Å²) in [5.41, 5.74) is -0.309. The number of carbonyl (C=O) groups excluding carboxylic acids is 1. The highest BCUT2D eigenvalue weighted by Gasteiger charge is 2.27. The molecule has 1 aromatic carbocycles. The molecule has 2 rings (SSSR count). The van der Waals surface area contributed by atoms with Gasteiger partial charge < -0.3 is 10.1 Å². The standard InChI is InChI=1S/C14H17FN2O4S/c1-2-5-16-14(18)12-10-11(3-4-13(12)15)22(19,20)17-6-8-21-9-7-17/h2-4,10H,1,5-9H2,(H,16,18). The molecule has 0 atom stereocenters. The van der Waals surface area contributed by atoms with E-state index in [2.05, 4.69) is 11.9 Å². The maximum absolute atomic E-state index is 13.8. The van der Waals surface area contributed by atoms with E-state index in [0.29, 0.717) is 13.2 Å². The first kappa shape index (κ1) is 16.6. The molecule has 0 unspecified atom stereocenters. The van der Waals surface area contributed by atoms with Crippen molar-refractivity contribution in [1.29, 1.82) is 0 Å². The van der Waals surface area contributed by atoms with Gasteiger partial charge in [-0.15, -0.1) is 6.58 Å². The van der Waals surface area contributed by atoms with E-state index in [1.165, 1.54) is 10.4 Å². The molecule has 0 saturated carbocycles. The van der Waals surface area contributed by atoms with Gasteiger partial charge in [0, 0.05) is 19.6 Å². The smallest absolute Gasteiger partial charge is 0.254 e. The van der Waals surface area contributed by atoms with Crippen molar-refractivity contribution in [1.82, 2.24) is 9.62 Å². The molecular weight excluding hydrogens is 311 g/mol. The molecule has 1 N–H and O–H groups in total. The second-order valence-electron chi connectivity index (χ2n) is 4.66. The van der Waals surface area contributed by atoms with Gasteiger partial charge in [-0.05, 0) is 18.2 Å². The fourth-order valence-corrected chi connectivity index (χ4v) is 3.47. The number of halogens is 1. The largest absolute Gasteiger partial charge is 0.379 e. The molecule has 1 aromatic rings. The number of hydrogen-bond donors (Lipinski definition) is 1. The van der Waals surface area contributed by atoms with Gasteiger partial charge in [-0.3, -0.25) is 4.79 Å². The average molecular weight is 328 g/mol. The van der Waals surface area contributed by atoms with E-state index in [9.17, 15) is 17.6 Å². The summed E-state index contributed by atoms with van der Waals surface area (Å²) in [6.07, 6.45) is 1.45. The van der Waals surface area contributed by atoms with Crippen molar-refractivity contribution in [2.75, 3.05) is 32.8 Å². The molecule has 1 fully saturated rings. The van der Waals surface area contributed by atoms with Crippen molar-refractivity contribution in [2.45, 2.75) is 4.90 Å². The SMILES string of the molecule is C=CCNC(=O)c1cc(S(=O)(=O)N2CCOCC2)ccc1F. The van der Waals surface area contributed by atoms with Crippen molar-refractivity contribution in [2.24, 2.45) is 0 Å². The second-order valence-corrected chi connectivity index (χ2v) is 6.59. The number of amides is 1. The van der Waals surface area contributed by atoms with E-state index in [1.54, 1.807) is 0 Å². The number of rotatable bonds is 5. The van der Waals surface area contributed by atoms with Crippen LogP contribution >= 0.6 is 0 Å². The minimum Gasteiger partial charge on any atom is -0.379 e.